The zero-order chi connectivity index (χ0) is 26.9. The molecule has 0 aliphatic carbocycles. The number of rotatable bonds is 7. The van der Waals surface area contributed by atoms with E-state index >= 15 is 0 Å². The van der Waals surface area contributed by atoms with Crippen LogP contribution in [0.25, 0.3) is 10.2 Å². The van der Waals surface area contributed by atoms with Crippen molar-refractivity contribution in [3.05, 3.63) is 46.8 Å². The first-order valence-corrected chi connectivity index (χ1v) is 14.8. The number of aromatic nitrogens is 1. The summed E-state index contributed by atoms with van der Waals surface area (Å²) in [5.41, 5.74) is 1.02. The molecule has 0 bridgehead atoms. The maximum absolute atomic E-state index is 13.1. The van der Waals surface area contributed by atoms with Crippen LogP contribution in [0, 0.1) is 5.92 Å². The lowest BCUT2D eigenvalue weighted by molar-refractivity contribution is -0.143. The average molecular weight is 560 g/mol. The molecule has 1 amide bonds. The molecule has 1 unspecified atom stereocenters. The van der Waals surface area contributed by atoms with Gasteiger partial charge in [0.15, 0.2) is 16.3 Å². The lowest BCUT2D eigenvalue weighted by Crippen LogP contribution is -2.39. The van der Waals surface area contributed by atoms with E-state index in [2.05, 4.69) is 4.99 Å². The van der Waals surface area contributed by atoms with Gasteiger partial charge in [-0.1, -0.05) is 18.3 Å². The SMILES string of the molecule is CCOC(=O)CCn1c(=NC(=O)c2ccc(S(=O)(=O)N3CCCC(C)C3)cc2)sc2cc3c(cc21)OCO3. The average Bonchev–Trinajstić information content (AvgIpc) is 3.49. The number of hydrogen-bond acceptors (Lipinski definition) is 8. The van der Waals surface area contributed by atoms with Gasteiger partial charge in [-0.15, -0.1) is 0 Å². The van der Waals surface area contributed by atoms with Gasteiger partial charge in [-0.25, -0.2) is 8.42 Å². The van der Waals surface area contributed by atoms with Crippen molar-refractivity contribution >= 4 is 43.5 Å². The van der Waals surface area contributed by atoms with Crippen LogP contribution in [0.2, 0.25) is 0 Å². The second kappa shape index (κ2) is 10.9. The lowest BCUT2D eigenvalue weighted by atomic mass is 10.0. The Kier molecular flexibility index (Phi) is 7.55. The van der Waals surface area contributed by atoms with E-state index in [1.54, 1.807) is 11.5 Å². The number of carbonyl (C=O) groups is 2. The van der Waals surface area contributed by atoms with E-state index < -0.39 is 15.9 Å². The Balaban J connectivity index is 1.45. The fourth-order valence-corrected chi connectivity index (χ4v) is 7.29. The summed E-state index contributed by atoms with van der Waals surface area (Å²) in [5, 5.41) is 0. The Labute approximate surface area is 224 Å². The molecule has 2 aliphatic rings. The summed E-state index contributed by atoms with van der Waals surface area (Å²) in [5.74, 6) is 0.635. The number of benzene rings is 2. The van der Waals surface area contributed by atoms with Crippen LogP contribution in [0.15, 0.2) is 46.3 Å². The van der Waals surface area contributed by atoms with Crippen LogP contribution in [-0.2, 0) is 26.1 Å². The second-order valence-electron chi connectivity index (χ2n) is 9.32. The number of piperidine rings is 1. The first kappa shape index (κ1) is 26.4. The summed E-state index contributed by atoms with van der Waals surface area (Å²) in [6.45, 7) is 5.46. The van der Waals surface area contributed by atoms with Crippen LogP contribution in [0.5, 0.6) is 11.5 Å². The third-order valence-corrected chi connectivity index (χ3v) is 9.50. The highest BCUT2D eigenvalue weighted by molar-refractivity contribution is 7.89. The molecule has 12 heteroatoms. The van der Waals surface area contributed by atoms with E-state index in [9.17, 15) is 18.0 Å². The smallest absolute Gasteiger partial charge is 0.307 e. The summed E-state index contributed by atoms with van der Waals surface area (Å²) < 4.78 is 46.3. The van der Waals surface area contributed by atoms with Crippen LogP contribution in [0.4, 0.5) is 0 Å². The number of carbonyl (C=O) groups excluding carboxylic acids is 2. The predicted molar refractivity (Wildman–Crippen MR) is 141 cm³/mol. The molecule has 1 saturated heterocycles. The number of hydrogen-bond donors (Lipinski definition) is 0. The Morgan fingerprint density at radius 2 is 1.89 bits per heavy atom. The highest BCUT2D eigenvalue weighted by atomic mass is 32.2. The van der Waals surface area contributed by atoms with Crippen molar-refractivity contribution in [2.45, 2.75) is 44.6 Å². The number of esters is 1. The number of nitrogens with zero attached hydrogens (tertiary/aromatic N) is 3. The Hall–Kier alpha value is -3.22. The second-order valence-corrected chi connectivity index (χ2v) is 12.3. The predicted octanol–water partition coefficient (Wildman–Crippen LogP) is 3.55. The van der Waals surface area contributed by atoms with Gasteiger partial charge in [-0.2, -0.15) is 9.30 Å². The van der Waals surface area contributed by atoms with Gasteiger partial charge >= 0.3 is 5.97 Å². The molecular weight excluding hydrogens is 530 g/mol. The molecule has 2 aliphatic heterocycles. The molecule has 0 radical (unpaired) electrons. The largest absolute Gasteiger partial charge is 0.466 e. The number of fused-ring (bicyclic) bond motifs is 2. The quantitative estimate of drug-likeness (QED) is 0.407. The van der Waals surface area contributed by atoms with E-state index in [4.69, 9.17) is 14.2 Å². The minimum atomic E-state index is -3.62. The van der Waals surface area contributed by atoms with E-state index in [0.29, 0.717) is 35.3 Å². The van der Waals surface area contributed by atoms with Gasteiger partial charge in [0.1, 0.15) is 0 Å². The van der Waals surface area contributed by atoms with Crippen LogP contribution in [0.1, 0.15) is 43.5 Å². The molecule has 5 rings (SSSR count). The monoisotopic (exact) mass is 559 g/mol. The number of thiazole rings is 1. The number of sulfonamides is 1. The van der Waals surface area contributed by atoms with Crippen molar-refractivity contribution in [2.24, 2.45) is 10.9 Å². The number of aryl methyl sites for hydroxylation is 1. The van der Waals surface area contributed by atoms with Crippen molar-refractivity contribution in [1.82, 2.24) is 8.87 Å². The minimum Gasteiger partial charge on any atom is -0.466 e. The van der Waals surface area contributed by atoms with Gasteiger partial charge in [0, 0.05) is 37.3 Å². The van der Waals surface area contributed by atoms with Crippen LogP contribution in [0.3, 0.4) is 0 Å². The van der Waals surface area contributed by atoms with Crippen LogP contribution < -0.4 is 14.3 Å². The van der Waals surface area contributed by atoms with Crippen molar-refractivity contribution in [3.8, 4) is 11.5 Å². The molecule has 202 valence electrons. The highest BCUT2D eigenvalue weighted by Gasteiger charge is 2.28. The molecular formula is C26H29N3O7S2. The number of ether oxygens (including phenoxy) is 3. The van der Waals surface area contributed by atoms with E-state index in [1.807, 2.05) is 19.1 Å². The Morgan fingerprint density at radius 1 is 1.16 bits per heavy atom. The molecule has 3 heterocycles. The van der Waals surface area contributed by atoms with Gasteiger partial charge in [0.2, 0.25) is 16.8 Å². The summed E-state index contributed by atoms with van der Waals surface area (Å²) in [6.07, 6.45) is 1.96. The van der Waals surface area contributed by atoms with Crippen molar-refractivity contribution < 1.29 is 32.2 Å². The molecule has 0 N–H and O–H groups in total. The molecule has 1 atom stereocenters. The highest BCUT2D eigenvalue weighted by Crippen LogP contribution is 2.37. The topological polar surface area (TPSA) is 117 Å². The molecule has 1 fully saturated rings. The maximum Gasteiger partial charge on any atom is 0.307 e. The van der Waals surface area contributed by atoms with Gasteiger partial charge in [-0.05, 0) is 49.9 Å². The summed E-state index contributed by atoms with van der Waals surface area (Å²) in [4.78, 5) is 30.0. The molecule has 1 aromatic heterocycles. The summed E-state index contributed by atoms with van der Waals surface area (Å²) >= 11 is 1.29. The Morgan fingerprint density at radius 3 is 2.61 bits per heavy atom. The van der Waals surface area contributed by atoms with Crippen molar-refractivity contribution in [3.63, 3.8) is 0 Å². The first-order valence-electron chi connectivity index (χ1n) is 12.5. The summed E-state index contributed by atoms with van der Waals surface area (Å²) in [6, 6.07) is 9.52. The standard InChI is InChI=1S/C26H29N3O7S2/c1-3-34-24(30)10-12-29-20-13-21-22(36-16-35-21)14-23(20)37-26(29)27-25(31)18-6-8-19(9-7-18)38(32,33)28-11-4-5-17(2)15-28/h6-9,13-14,17H,3-5,10-12,15-16H2,1-2H3. The van der Waals surface area contributed by atoms with E-state index in [0.717, 1.165) is 23.1 Å². The van der Waals surface area contributed by atoms with Crippen LogP contribution in [-0.4, -0.2) is 55.7 Å². The van der Waals surface area contributed by atoms with Gasteiger partial charge in [0.25, 0.3) is 5.91 Å². The minimum absolute atomic E-state index is 0.108. The molecule has 3 aromatic rings. The maximum atomic E-state index is 13.1. The third kappa shape index (κ3) is 5.33. The first-order chi connectivity index (χ1) is 18.3. The third-order valence-electron chi connectivity index (χ3n) is 6.58. The van der Waals surface area contributed by atoms with Crippen LogP contribution >= 0.6 is 11.3 Å². The Bertz CT molecular complexity index is 1540. The summed E-state index contributed by atoms with van der Waals surface area (Å²) in [7, 11) is -3.62. The van der Waals surface area contributed by atoms with Crippen molar-refractivity contribution in [1.29, 1.82) is 0 Å². The number of amides is 1. The van der Waals surface area contributed by atoms with Gasteiger partial charge in [0.05, 0.1) is 28.1 Å². The van der Waals surface area contributed by atoms with Gasteiger partial charge < -0.3 is 18.8 Å². The normalized spacial score (nSPS) is 18.2. The van der Waals surface area contributed by atoms with E-state index in [1.165, 1.54) is 39.9 Å². The molecule has 10 nitrogen and oxygen atoms in total. The fraction of sp³-hybridized carbons (Fsp3) is 0.423. The molecule has 2 aromatic carbocycles. The van der Waals surface area contributed by atoms with E-state index in [-0.39, 0.29) is 42.8 Å². The zero-order valence-electron chi connectivity index (χ0n) is 21.2. The van der Waals surface area contributed by atoms with Crippen molar-refractivity contribution in [2.75, 3.05) is 26.5 Å². The molecule has 0 spiro atoms. The molecule has 0 saturated carbocycles. The molecule has 38 heavy (non-hydrogen) atoms. The van der Waals surface area contributed by atoms with Gasteiger partial charge in [-0.3, -0.25) is 9.59 Å². The zero-order valence-corrected chi connectivity index (χ0v) is 22.8. The fourth-order valence-electron chi connectivity index (χ4n) is 4.63. The lowest BCUT2D eigenvalue weighted by Gasteiger charge is -2.30.